The number of rotatable bonds is 10. The van der Waals surface area contributed by atoms with Crippen molar-refractivity contribution in [2.45, 2.75) is 103 Å². The smallest absolute Gasteiger partial charge is 0.410 e. The van der Waals surface area contributed by atoms with Gasteiger partial charge in [0.2, 0.25) is 23.6 Å². The van der Waals surface area contributed by atoms with Crippen molar-refractivity contribution in [2.75, 3.05) is 39.3 Å². The minimum Gasteiger partial charge on any atom is -0.474 e. The van der Waals surface area contributed by atoms with E-state index in [1.54, 1.807) is 14.3 Å². The van der Waals surface area contributed by atoms with Gasteiger partial charge in [0.05, 0.1) is 57.7 Å². The Labute approximate surface area is 389 Å². The number of nitrogens with zero attached hydrogens (tertiary/aromatic N) is 11. The molecule has 3 amide bonds. The highest BCUT2D eigenvalue weighted by molar-refractivity contribution is 5.88. The summed E-state index contributed by atoms with van der Waals surface area (Å²) in [6.07, 6.45) is 15.7. The minimum absolute atomic E-state index is 0.0537. The molecule has 356 valence electrons. The van der Waals surface area contributed by atoms with E-state index in [0.29, 0.717) is 56.8 Å². The molecule has 20 heteroatoms. The molecule has 4 saturated heterocycles. The Bertz CT molecular complexity index is 2740. The lowest BCUT2D eigenvalue weighted by Crippen LogP contribution is -2.42. The Balaban J connectivity index is 0.000000171. The lowest BCUT2D eigenvalue weighted by molar-refractivity contribution is -0.120. The van der Waals surface area contributed by atoms with Crippen molar-refractivity contribution in [3.05, 3.63) is 49.3 Å². The van der Waals surface area contributed by atoms with Crippen LogP contribution in [0, 0.1) is 11.8 Å². The van der Waals surface area contributed by atoms with E-state index < -0.39 is 5.60 Å². The lowest BCUT2D eigenvalue weighted by Gasteiger charge is -2.33. The number of nitrogens with one attached hydrogen (secondary N) is 3. The maximum atomic E-state index is 12.4. The summed E-state index contributed by atoms with van der Waals surface area (Å²) in [6.45, 7) is 14.1. The first-order valence-electron chi connectivity index (χ1n) is 23.5. The number of hydrogen-bond donors (Lipinski definition) is 3. The Morgan fingerprint density at radius 1 is 0.701 bits per heavy atom. The molecular weight excluding hydrogens is 857 g/mol. The van der Waals surface area contributed by atoms with Crippen molar-refractivity contribution in [3.8, 4) is 34.3 Å². The average Bonchev–Trinajstić information content (AvgIpc) is 4.16. The van der Waals surface area contributed by atoms with Gasteiger partial charge in [0.15, 0.2) is 0 Å². The van der Waals surface area contributed by atoms with Gasteiger partial charge in [-0.05, 0) is 85.5 Å². The summed E-state index contributed by atoms with van der Waals surface area (Å²) in [4.78, 5) is 47.1. The Kier molecular flexibility index (Phi) is 12.9. The van der Waals surface area contributed by atoms with Crippen LogP contribution in [-0.2, 0) is 28.4 Å². The number of hydrogen-bond acceptors (Lipinski definition) is 13. The maximum Gasteiger partial charge on any atom is 0.410 e. The summed E-state index contributed by atoms with van der Waals surface area (Å²) in [5, 5.41) is 29.2. The molecule has 0 unspecified atom stereocenters. The van der Waals surface area contributed by atoms with Gasteiger partial charge in [0.1, 0.15) is 17.8 Å². The molecule has 0 aromatic carbocycles. The fourth-order valence-corrected chi connectivity index (χ4v) is 9.21. The number of fused-ring (bicyclic) bond motifs is 2. The van der Waals surface area contributed by atoms with E-state index in [1.807, 2.05) is 96.5 Å². The fourth-order valence-electron chi connectivity index (χ4n) is 9.21. The van der Waals surface area contributed by atoms with Crippen molar-refractivity contribution in [1.29, 1.82) is 0 Å². The number of aromatic nitrogens is 10. The largest absolute Gasteiger partial charge is 0.474 e. The van der Waals surface area contributed by atoms with Gasteiger partial charge in [0, 0.05) is 101 Å². The third-order valence-electron chi connectivity index (χ3n) is 13.1. The first-order valence-corrected chi connectivity index (χ1v) is 23.5. The summed E-state index contributed by atoms with van der Waals surface area (Å²) < 4.78 is 25.6. The monoisotopic (exact) mass is 918 g/mol. The van der Waals surface area contributed by atoms with Gasteiger partial charge in [0.25, 0.3) is 0 Å². The molecule has 10 rings (SSSR count). The molecular formula is C47H62N14O6. The zero-order chi connectivity index (χ0) is 47.0. The van der Waals surface area contributed by atoms with E-state index in [0.717, 1.165) is 83.1 Å². The third kappa shape index (κ3) is 10.5. The average molecular weight is 919 g/mol. The molecule has 67 heavy (non-hydrogen) atoms. The molecule has 20 nitrogen and oxygen atoms in total. The van der Waals surface area contributed by atoms with Crippen molar-refractivity contribution in [2.24, 2.45) is 25.9 Å². The highest BCUT2D eigenvalue weighted by atomic mass is 16.6. The van der Waals surface area contributed by atoms with Gasteiger partial charge in [-0.15, -0.1) is 0 Å². The normalized spacial score (nSPS) is 20.4. The Morgan fingerprint density at radius 2 is 1.16 bits per heavy atom. The van der Waals surface area contributed by atoms with E-state index in [9.17, 15) is 14.4 Å². The Hall–Kier alpha value is -6.57. The van der Waals surface area contributed by atoms with Crippen LogP contribution >= 0.6 is 0 Å². The number of ether oxygens (including phenoxy) is 3. The van der Waals surface area contributed by atoms with Crippen molar-refractivity contribution in [1.82, 2.24) is 69.9 Å². The van der Waals surface area contributed by atoms with E-state index >= 15 is 0 Å². The number of carbonyl (C=O) groups is 3. The summed E-state index contributed by atoms with van der Waals surface area (Å²) in [7, 11) is 3.76. The Morgan fingerprint density at radius 3 is 1.60 bits per heavy atom. The first-order chi connectivity index (χ1) is 32.1. The molecule has 10 heterocycles. The van der Waals surface area contributed by atoms with Gasteiger partial charge in [-0.3, -0.25) is 28.3 Å². The predicted octanol–water partition coefficient (Wildman–Crippen LogP) is 4.97. The second-order valence-corrected chi connectivity index (χ2v) is 19.4. The zero-order valence-corrected chi connectivity index (χ0v) is 39.4. The molecule has 6 aromatic heterocycles. The van der Waals surface area contributed by atoms with Crippen LogP contribution in [0.5, 0.6) is 11.8 Å². The maximum absolute atomic E-state index is 12.4. The molecule has 4 aliphatic rings. The number of aryl methyl sites for hydroxylation is 2. The predicted molar refractivity (Wildman–Crippen MR) is 249 cm³/mol. The van der Waals surface area contributed by atoms with E-state index in [4.69, 9.17) is 24.2 Å². The summed E-state index contributed by atoms with van der Waals surface area (Å²) in [5.41, 5.74) is 4.47. The van der Waals surface area contributed by atoms with Gasteiger partial charge < -0.3 is 35.1 Å². The summed E-state index contributed by atoms with van der Waals surface area (Å²) in [5.74, 6) is 1.42. The van der Waals surface area contributed by atoms with Crippen LogP contribution in [0.4, 0.5) is 4.79 Å². The van der Waals surface area contributed by atoms with Crippen LogP contribution < -0.4 is 25.4 Å². The molecule has 4 aliphatic heterocycles. The number of piperidine rings is 2. The standard InChI is InChI=1S/C26H35N7O4.C21H27N7O2/c1-16(17-10-23(34)27-12-17)36-24-20-15-31(5)30-22(20)11-21(29-24)18-13-28-33(14-18)19-6-8-32(9-7-19)25(35)37-26(2,3)4;1-13(14-7-20(29)23-9-14)30-21-17-12-27(2)26-19(17)8-18(25-21)15-10-24-28(11-15)16-3-5-22-6-4-16/h11,13-17,19H,6-10,12H2,1-5H3,(H,27,34);8,10-14,16,22H,3-7,9H2,1-2H3,(H,23,29)/t16-,17-;13-,14-/m11/s1. The van der Waals surface area contributed by atoms with Gasteiger partial charge in [-0.1, -0.05) is 0 Å². The van der Waals surface area contributed by atoms with E-state index in [1.165, 1.54) is 0 Å². The molecule has 3 N–H and O–H groups in total. The van der Waals surface area contributed by atoms with E-state index in [2.05, 4.69) is 47.2 Å². The quantitative estimate of drug-likeness (QED) is 0.166. The second kappa shape index (κ2) is 19.0. The molecule has 4 atom stereocenters. The molecule has 0 aliphatic carbocycles. The van der Waals surface area contributed by atoms with Crippen LogP contribution in [-0.4, -0.2) is 129 Å². The first kappa shape index (κ1) is 45.6. The number of carbonyl (C=O) groups excluding carboxylic acids is 3. The lowest BCUT2D eigenvalue weighted by atomic mass is 10.0. The van der Waals surface area contributed by atoms with Crippen molar-refractivity contribution >= 4 is 39.7 Å². The number of likely N-dealkylation sites (tertiary alicyclic amines) is 1. The summed E-state index contributed by atoms with van der Waals surface area (Å²) >= 11 is 0. The van der Waals surface area contributed by atoms with E-state index in [-0.39, 0.29) is 48.0 Å². The minimum atomic E-state index is -0.502. The van der Waals surface area contributed by atoms with Gasteiger partial charge in [-0.25, -0.2) is 14.8 Å². The SMILES string of the molecule is C[C@@H](Oc1nc(-c2cnn(C3CCN(C(=O)OC(C)(C)C)CC3)c2)cc2nn(C)cc12)[C@H]1CNC(=O)C1.C[C@@H](Oc1nc(-c2cnn(C3CCNCC3)c2)cc2nn(C)cc12)[C@H]1CNC(=O)C1. The number of pyridine rings is 2. The van der Waals surface area contributed by atoms with Crippen LogP contribution in [0.3, 0.4) is 0 Å². The molecule has 0 radical (unpaired) electrons. The van der Waals surface area contributed by atoms with Crippen LogP contribution in [0.15, 0.2) is 49.3 Å². The van der Waals surface area contributed by atoms with Gasteiger partial charge >= 0.3 is 6.09 Å². The van der Waals surface area contributed by atoms with Crippen LogP contribution in [0.1, 0.15) is 85.2 Å². The fraction of sp³-hybridized carbons (Fsp3) is 0.553. The third-order valence-corrected chi connectivity index (χ3v) is 13.1. The second-order valence-electron chi connectivity index (χ2n) is 19.4. The molecule has 0 saturated carbocycles. The molecule has 4 fully saturated rings. The van der Waals surface area contributed by atoms with Crippen LogP contribution in [0.2, 0.25) is 0 Å². The van der Waals surface area contributed by atoms with Crippen LogP contribution in [0.25, 0.3) is 44.3 Å². The van der Waals surface area contributed by atoms with Crippen molar-refractivity contribution < 1.29 is 28.6 Å². The molecule has 0 bridgehead atoms. The zero-order valence-electron chi connectivity index (χ0n) is 39.4. The highest BCUT2D eigenvalue weighted by Gasteiger charge is 2.32. The number of amides is 3. The molecule has 6 aromatic rings. The summed E-state index contributed by atoms with van der Waals surface area (Å²) in [6, 6.07) is 4.54. The van der Waals surface area contributed by atoms with Crippen molar-refractivity contribution in [3.63, 3.8) is 0 Å². The highest BCUT2D eigenvalue weighted by Crippen LogP contribution is 2.34. The molecule has 0 spiro atoms. The van der Waals surface area contributed by atoms with Gasteiger partial charge in [-0.2, -0.15) is 20.4 Å². The topological polar surface area (TPSA) is 215 Å².